The summed E-state index contributed by atoms with van der Waals surface area (Å²) in [4.78, 5) is 14.4. The Morgan fingerprint density at radius 1 is 0.953 bits per heavy atom. The predicted molar refractivity (Wildman–Crippen MR) is 176 cm³/mol. The smallest absolute Gasteiger partial charge is 0.323 e. The van der Waals surface area contributed by atoms with Gasteiger partial charge in [-0.25, -0.2) is 0 Å². The molecule has 8 heteroatoms. The molecule has 1 heterocycles. The topological polar surface area (TPSA) is 55.0 Å². The minimum Gasteiger partial charge on any atom is -0.490 e. The quantitative estimate of drug-likeness (QED) is 0.147. The van der Waals surface area contributed by atoms with Crippen LogP contribution >= 0.6 is 34.7 Å². The maximum absolute atomic E-state index is 12.4. The Bertz CT molecular complexity index is 1720. The Balaban J connectivity index is 1.33. The summed E-state index contributed by atoms with van der Waals surface area (Å²) >= 11 is 14.0. The standard InChI is InChI=1S/C35H33Cl2FN2O2S/c36-26-12-18-30(32(37)21-26)31-6-3-5-24-20-25(34-39-35(41)43-40-34)11-17-29(24)33(31)23-9-15-28(16-10-23)42-27-13-7-22(8-14-27)4-1-2-19-38/h7,9-12,15-18,20-21,27H,1-6,8,13-14,19H2,(H,39,40,41)/t27-/m1/s1. The van der Waals surface area contributed by atoms with Crippen LogP contribution in [0, 0.1) is 0 Å². The van der Waals surface area contributed by atoms with E-state index in [0.29, 0.717) is 22.3 Å². The highest BCUT2D eigenvalue weighted by Gasteiger charge is 2.23. The van der Waals surface area contributed by atoms with Crippen molar-refractivity contribution >= 4 is 45.9 Å². The number of nitrogens with one attached hydrogen (secondary N) is 1. The molecule has 0 saturated carbocycles. The number of alkyl halides is 1. The van der Waals surface area contributed by atoms with E-state index in [1.54, 1.807) is 6.07 Å². The molecule has 4 aromatic rings. The van der Waals surface area contributed by atoms with E-state index in [2.05, 4.69) is 51.8 Å². The number of fused-ring (bicyclic) bond motifs is 1. The second-order valence-corrected chi connectivity index (χ2v) is 12.8. The molecule has 0 bridgehead atoms. The lowest BCUT2D eigenvalue weighted by Gasteiger charge is -2.24. The van der Waals surface area contributed by atoms with Gasteiger partial charge in [0.2, 0.25) is 0 Å². The van der Waals surface area contributed by atoms with Crippen LogP contribution < -0.4 is 9.61 Å². The molecular weight excluding hydrogens is 602 g/mol. The number of rotatable bonds is 9. The Kier molecular flexibility index (Phi) is 9.46. The molecule has 4 nitrogen and oxygen atoms in total. The van der Waals surface area contributed by atoms with Gasteiger partial charge < -0.3 is 4.74 Å². The van der Waals surface area contributed by atoms with Crippen LogP contribution in [0.15, 0.2) is 77.1 Å². The molecule has 1 atom stereocenters. The Hall–Kier alpha value is -3.19. The van der Waals surface area contributed by atoms with Crippen molar-refractivity contribution in [2.24, 2.45) is 0 Å². The second kappa shape index (κ2) is 13.6. The molecule has 0 spiro atoms. The minimum atomic E-state index is -0.235. The van der Waals surface area contributed by atoms with Crippen LogP contribution in [0.3, 0.4) is 0 Å². The van der Waals surface area contributed by atoms with Crippen LogP contribution in [0.5, 0.6) is 5.75 Å². The van der Waals surface area contributed by atoms with Crippen LogP contribution in [-0.4, -0.2) is 22.1 Å². The molecule has 0 radical (unpaired) electrons. The average molecular weight is 636 g/mol. The van der Waals surface area contributed by atoms with E-state index in [9.17, 15) is 9.18 Å². The number of aromatic nitrogens is 2. The van der Waals surface area contributed by atoms with Crippen molar-refractivity contribution in [3.05, 3.63) is 114 Å². The van der Waals surface area contributed by atoms with Gasteiger partial charge in [-0.2, -0.15) is 4.37 Å². The third kappa shape index (κ3) is 6.98. The predicted octanol–water partition coefficient (Wildman–Crippen LogP) is 10.1. The van der Waals surface area contributed by atoms with Crippen molar-refractivity contribution in [2.75, 3.05) is 6.67 Å². The lowest BCUT2D eigenvalue weighted by atomic mass is 9.87. The molecule has 3 aromatic carbocycles. The van der Waals surface area contributed by atoms with Gasteiger partial charge in [0.15, 0.2) is 5.82 Å². The summed E-state index contributed by atoms with van der Waals surface area (Å²) in [5.41, 5.74) is 9.08. The number of nitrogens with zero attached hydrogens (tertiary/aromatic N) is 1. The molecule has 0 unspecified atom stereocenters. The number of ether oxygens (including phenoxy) is 1. The van der Waals surface area contributed by atoms with Crippen LogP contribution in [0.2, 0.25) is 10.0 Å². The van der Waals surface area contributed by atoms with Crippen molar-refractivity contribution in [1.29, 1.82) is 0 Å². The molecule has 1 N–H and O–H groups in total. The Morgan fingerprint density at radius 2 is 1.77 bits per heavy atom. The van der Waals surface area contributed by atoms with Gasteiger partial charge in [0.1, 0.15) is 11.9 Å². The summed E-state index contributed by atoms with van der Waals surface area (Å²) in [5.74, 6) is 1.45. The maximum atomic E-state index is 12.4. The van der Waals surface area contributed by atoms with E-state index in [0.717, 1.165) is 96.5 Å². The minimum absolute atomic E-state index is 0.146. The van der Waals surface area contributed by atoms with E-state index in [1.807, 2.05) is 18.2 Å². The highest BCUT2D eigenvalue weighted by molar-refractivity contribution is 7.03. The zero-order valence-electron chi connectivity index (χ0n) is 23.8. The van der Waals surface area contributed by atoms with Gasteiger partial charge in [0.05, 0.1) is 6.67 Å². The fourth-order valence-corrected chi connectivity index (χ4v) is 7.15. The highest BCUT2D eigenvalue weighted by atomic mass is 35.5. The molecule has 0 amide bonds. The number of allylic oxidation sites excluding steroid dienone is 2. The average Bonchev–Trinajstić information content (AvgIpc) is 3.36. The van der Waals surface area contributed by atoms with Gasteiger partial charge in [0.25, 0.3) is 0 Å². The van der Waals surface area contributed by atoms with Crippen molar-refractivity contribution in [3.63, 3.8) is 0 Å². The van der Waals surface area contributed by atoms with E-state index >= 15 is 0 Å². The van der Waals surface area contributed by atoms with E-state index in [-0.39, 0.29) is 17.7 Å². The summed E-state index contributed by atoms with van der Waals surface area (Å²) in [7, 11) is 0. The van der Waals surface area contributed by atoms with Gasteiger partial charge in [-0.3, -0.25) is 14.2 Å². The number of H-pyrrole nitrogens is 1. The number of hydrogen-bond acceptors (Lipinski definition) is 4. The van der Waals surface area contributed by atoms with Crippen LogP contribution in [0.4, 0.5) is 4.39 Å². The molecule has 0 saturated heterocycles. The molecule has 0 aliphatic heterocycles. The fraction of sp³-hybridized carbons (Fsp3) is 0.314. The Morgan fingerprint density at radius 3 is 2.49 bits per heavy atom. The monoisotopic (exact) mass is 634 g/mol. The fourth-order valence-electron chi connectivity index (χ4n) is 6.16. The second-order valence-electron chi connectivity index (χ2n) is 11.2. The van der Waals surface area contributed by atoms with Crippen LogP contribution in [0.25, 0.3) is 22.5 Å². The lowest BCUT2D eigenvalue weighted by Crippen LogP contribution is -2.19. The molecular formula is C35H33Cl2FN2O2S. The number of unbranched alkanes of at least 4 members (excludes halogenated alkanes) is 1. The molecule has 0 fully saturated rings. The molecule has 43 heavy (non-hydrogen) atoms. The SMILES string of the molecule is O=c1[nH]c(-c2ccc3c(c2)CCCC(c2ccc(Cl)cc2Cl)=C3c2ccc(O[C@@H]3CC=C(CCCCF)CC3)cc2)ns1. The molecule has 6 rings (SSSR count). The van der Waals surface area contributed by atoms with Gasteiger partial charge >= 0.3 is 4.87 Å². The summed E-state index contributed by atoms with van der Waals surface area (Å²) < 4.78 is 23.1. The van der Waals surface area contributed by atoms with Crippen molar-refractivity contribution in [1.82, 2.24) is 9.36 Å². The van der Waals surface area contributed by atoms with Gasteiger partial charge in [-0.1, -0.05) is 65.2 Å². The summed E-state index contributed by atoms with van der Waals surface area (Å²) in [5, 5.41) is 1.24. The molecule has 222 valence electrons. The number of benzene rings is 3. The van der Waals surface area contributed by atoms with Gasteiger partial charge in [0, 0.05) is 33.6 Å². The third-order valence-corrected chi connectivity index (χ3v) is 9.39. The highest BCUT2D eigenvalue weighted by Crippen LogP contribution is 2.43. The normalized spacial score (nSPS) is 16.9. The van der Waals surface area contributed by atoms with Crippen LogP contribution in [0.1, 0.15) is 73.6 Å². The third-order valence-electron chi connectivity index (χ3n) is 8.30. The van der Waals surface area contributed by atoms with Crippen molar-refractivity contribution in [2.45, 2.75) is 63.9 Å². The lowest BCUT2D eigenvalue weighted by molar-refractivity contribution is 0.188. The Labute approximate surface area is 265 Å². The van der Waals surface area contributed by atoms with Crippen molar-refractivity contribution in [3.8, 4) is 17.1 Å². The number of halogens is 3. The summed E-state index contributed by atoms with van der Waals surface area (Å²) in [6.45, 7) is -0.235. The van der Waals surface area contributed by atoms with Gasteiger partial charge in [-0.15, -0.1) is 0 Å². The zero-order valence-corrected chi connectivity index (χ0v) is 26.1. The van der Waals surface area contributed by atoms with E-state index in [1.165, 1.54) is 16.7 Å². The van der Waals surface area contributed by atoms with E-state index < -0.39 is 0 Å². The zero-order chi connectivity index (χ0) is 29.8. The first kappa shape index (κ1) is 29.9. The maximum Gasteiger partial charge on any atom is 0.323 e. The summed E-state index contributed by atoms with van der Waals surface area (Å²) in [6.07, 6.45) is 10.6. The number of hydrogen-bond donors (Lipinski definition) is 1. The molecule has 1 aromatic heterocycles. The largest absolute Gasteiger partial charge is 0.490 e. The number of aryl methyl sites for hydroxylation is 1. The number of aromatic amines is 1. The molecule has 2 aliphatic carbocycles. The van der Waals surface area contributed by atoms with Crippen molar-refractivity contribution < 1.29 is 9.13 Å². The summed E-state index contributed by atoms with van der Waals surface area (Å²) in [6, 6.07) is 20.4. The van der Waals surface area contributed by atoms with E-state index in [4.69, 9.17) is 27.9 Å². The van der Waals surface area contributed by atoms with Crippen LogP contribution in [-0.2, 0) is 6.42 Å². The first-order valence-electron chi connectivity index (χ1n) is 14.9. The van der Waals surface area contributed by atoms with Gasteiger partial charge in [-0.05, 0) is 115 Å². The first-order valence-corrected chi connectivity index (χ1v) is 16.4. The molecule has 2 aliphatic rings. The first-order chi connectivity index (χ1) is 21.0.